The molecule has 1 aliphatic heterocycles. The Hall–Kier alpha value is -1.91. The summed E-state index contributed by atoms with van der Waals surface area (Å²) in [5, 5.41) is 5.73. The molecule has 0 aliphatic carbocycles. The molecule has 2 N–H and O–H groups in total. The van der Waals surface area contributed by atoms with Crippen molar-refractivity contribution in [3.63, 3.8) is 0 Å². The molecule has 1 aliphatic rings. The van der Waals surface area contributed by atoms with Gasteiger partial charge in [-0.2, -0.15) is 0 Å². The summed E-state index contributed by atoms with van der Waals surface area (Å²) in [6.07, 6.45) is 5.45. The lowest BCUT2D eigenvalue weighted by Crippen LogP contribution is -2.31. The molecule has 2 heterocycles. The van der Waals surface area contributed by atoms with Crippen LogP contribution in [0.3, 0.4) is 0 Å². The smallest absolute Gasteiger partial charge is 0.154 e. The van der Waals surface area contributed by atoms with Crippen LogP contribution in [0.2, 0.25) is 0 Å². The Morgan fingerprint density at radius 2 is 2.33 bits per heavy atom. The van der Waals surface area contributed by atoms with Crippen LogP contribution >= 0.6 is 9.39 Å². The van der Waals surface area contributed by atoms with Crippen molar-refractivity contribution >= 4 is 20.8 Å². The Morgan fingerprint density at radius 3 is 3.00 bits per heavy atom. The number of dihydropyridines is 1. The second-order valence-electron chi connectivity index (χ2n) is 4.25. The van der Waals surface area contributed by atoms with Crippen molar-refractivity contribution in [2.75, 3.05) is 19.3 Å². The SMILES string of the molecule is CO/C=C(/C1=CC(F)=CNC1OC)c1ccnc(NP)c1. The molecule has 0 bridgehead atoms. The molecule has 7 heteroatoms. The van der Waals surface area contributed by atoms with Gasteiger partial charge in [0.15, 0.2) is 6.23 Å². The van der Waals surface area contributed by atoms with Gasteiger partial charge in [0.2, 0.25) is 0 Å². The maximum atomic E-state index is 13.6. The largest absolute Gasteiger partial charge is 0.504 e. The maximum absolute atomic E-state index is 13.6. The Kier molecular flexibility index (Phi) is 5.31. The third-order valence-electron chi connectivity index (χ3n) is 2.95. The summed E-state index contributed by atoms with van der Waals surface area (Å²) in [5.74, 6) is 0.299. The Balaban J connectivity index is 2.47. The van der Waals surface area contributed by atoms with Crippen LogP contribution in [0, 0.1) is 0 Å². The van der Waals surface area contributed by atoms with Gasteiger partial charge in [0.25, 0.3) is 0 Å². The minimum absolute atomic E-state index is 0.376. The molecule has 1 aromatic rings. The summed E-state index contributed by atoms with van der Waals surface area (Å²) >= 11 is 0. The van der Waals surface area contributed by atoms with E-state index in [2.05, 4.69) is 24.8 Å². The first-order valence-corrected chi connectivity index (χ1v) is 6.79. The van der Waals surface area contributed by atoms with Crippen LogP contribution in [0.4, 0.5) is 10.2 Å². The van der Waals surface area contributed by atoms with E-state index in [-0.39, 0.29) is 5.83 Å². The van der Waals surface area contributed by atoms with E-state index in [1.54, 1.807) is 26.7 Å². The van der Waals surface area contributed by atoms with Gasteiger partial charge in [-0.15, -0.1) is 0 Å². The summed E-state index contributed by atoms with van der Waals surface area (Å²) in [4.78, 5) is 4.15. The number of hydrogen-bond acceptors (Lipinski definition) is 5. The van der Waals surface area contributed by atoms with Gasteiger partial charge in [0.1, 0.15) is 11.6 Å². The van der Waals surface area contributed by atoms with E-state index >= 15 is 0 Å². The van der Waals surface area contributed by atoms with Crippen LogP contribution in [0.1, 0.15) is 5.56 Å². The zero-order valence-electron chi connectivity index (χ0n) is 11.8. The first-order chi connectivity index (χ1) is 10.2. The molecule has 0 aromatic carbocycles. The number of nitrogens with one attached hydrogen (secondary N) is 2. The highest BCUT2D eigenvalue weighted by molar-refractivity contribution is 7.18. The maximum Gasteiger partial charge on any atom is 0.154 e. The van der Waals surface area contributed by atoms with E-state index in [0.717, 1.165) is 5.56 Å². The molecule has 21 heavy (non-hydrogen) atoms. The van der Waals surface area contributed by atoms with E-state index < -0.39 is 6.23 Å². The van der Waals surface area contributed by atoms with Crippen molar-refractivity contribution in [1.29, 1.82) is 0 Å². The summed E-state index contributed by atoms with van der Waals surface area (Å²) in [5.41, 5.74) is 2.19. The Labute approximate surface area is 125 Å². The first-order valence-electron chi connectivity index (χ1n) is 6.22. The van der Waals surface area contributed by atoms with E-state index in [0.29, 0.717) is 17.0 Å². The number of pyridine rings is 1. The third-order valence-corrected chi connectivity index (χ3v) is 3.25. The number of halogens is 1. The molecular weight excluding hydrogens is 292 g/mol. The van der Waals surface area contributed by atoms with Crippen molar-refractivity contribution in [1.82, 2.24) is 10.3 Å². The molecule has 5 nitrogen and oxygen atoms in total. The second kappa shape index (κ2) is 7.20. The molecule has 0 spiro atoms. The van der Waals surface area contributed by atoms with Crippen molar-refractivity contribution in [3.05, 3.63) is 53.8 Å². The molecule has 2 unspecified atom stereocenters. The van der Waals surface area contributed by atoms with Gasteiger partial charge in [0, 0.05) is 30.7 Å². The molecule has 112 valence electrons. The summed E-state index contributed by atoms with van der Waals surface area (Å²) in [6, 6.07) is 3.65. The fourth-order valence-corrected chi connectivity index (χ4v) is 2.18. The van der Waals surface area contributed by atoms with Gasteiger partial charge < -0.3 is 19.9 Å². The van der Waals surface area contributed by atoms with Crippen LogP contribution in [0.5, 0.6) is 0 Å². The highest BCUT2D eigenvalue weighted by atomic mass is 31.0. The topological polar surface area (TPSA) is 55.4 Å². The highest BCUT2D eigenvalue weighted by Gasteiger charge is 2.22. The highest BCUT2D eigenvalue weighted by Crippen LogP contribution is 2.30. The lowest BCUT2D eigenvalue weighted by atomic mass is 9.96. The molecule has 0 saturated carbocycles. The fourth-order valence-electron chi connectivity index (χ4n) is 2.02. The zero-order chi connectivity index (χ0) is 15.2. The van der Waals surface area contributed by atoms with E-state index in [1.807, 2.05) is 12.1 Å². The van der Waals surface area contributed by atoms with Crippen LogP contribution in [0.15, 0.2) is 48.3 Å². The summed E-state index contributed by atoms with van der Waals surface area (Å²) in [6.45, 7) is 0. The van der Waals surface area contributed by atoms with Gasteiger partial charge in [-0.1, -0.05) is 0 Å². The summed E-state index contributed by atoms with van der Waals surface area (Å²) < 4.78 is 24.0. The van der Waals surface area contributed by atoms with Crippen molar-refractivity contribution < 1.29 is 13.9 Å². The lowest BCUT2D eigenvalue weighted by molar-refractivity contribution is 0.116. The standard InChI is InChI=1S/C14H17FN3O2P/c1-19-8-12(9-3-4-16-13(5-9)18-21)11-6-10(15)7-17-14(11)20-2/h3-8,14,17H,21H2,1-2H3,(H,16,18)/b12-8+. The molecule has 0 amide bonds. The van der Waals surface area contributed by atoms with Crippen LogP contribution < -0.4 is 10.4 Å². The number of anilines is 1. The third kappa shape index (κ3) is 3.60. The average molecular weight is 309 g/mol. The molecule has 2 rings (SSSR count). The molecule has 0 fully saturated rings. The quantitative estimate of drug-likeness (QED) is 0.647. The normalized spacial score (nSPS) is 18.5. The minimum atomic E-state index is -0.452. The fraction of sp³-hybridized carbons (Fsp3) is 0.214. The first kappa shape index (κ1) is 15.5. The average Bonchev–Trinajstić information content (AvgIpc) is 2.52. The zero-order valence-corrected chi connectivity index (χ0v) is 12.9. The lowest BCUT2D eigenvalue weighted by Gasteiger charge is -2.24. The van der Waals surface area contributed by atoms with Crippen LogP contribution in [-0.4, -0.2) is 25.4 Å². The van der Waals surface area contributed by atoms with Crippen molar-refractivity contribution in [2.24, 2.45) is 0 Å². The number of nitrogens with zero attached hydrogens (tertiary/aromatic N) is 1. The number of ether oxygens (including phenoxy) is 2. The number of methoxy groups -OCH3 is 2. The van der Waals surface area contributed by atoms with E-state index in [9.17, 15) is 4.39 Å². The van der Waals surface area contributed by atoms with Gasteiger partial charge >= 0.3 is 0 Å². The van der Waals surface area contributed by atoms with Crippen LogP contribution in [0.25, 0.3) is 5.57 Å². The van der Waals surface area contributed by atoms with Crippen molar-refractivity contribution in [2.45, 2.75) is 6.23 Å². The number of aromatic nitrogens is 1. The second-order valence-corrected chi connectivity index (χ2v) is 4.54. The number of allylic oxidation sites excluding steroid dienone is 2. The van der Waals surface area contributed by atoms with Crippen molar-refractivity contribution in [3.8, 4) is 0 Å². The number of rotatable bonds is 5. The Morgan fingerprint density at radius 1 is 1.52 bits per heavy atom. The molecule has 2 atom stereocenters. The minimum Gasteiger partial charge on any atom is -0.504 e. The number of hydrogen-bond donors (Lipinski definition) is 2. The van der Waals surface area contributed by atoms with Gasteiger partial charge in [-0.05, 0) is 33.2 Å². The molecule has 1 aromatic heterocycles. The van der Waals surface area contributed by atoms with Gasteiger partial charge in [-0.3, -0.25) is 0 Å². The molecular formula is C14H17FN3O2P. The van der Waals surface area contributed by atoms with Crippen LogP contribution in [-0.2, 0) is 9.47 Å². The van der Waals surface area contributed by atoms with Gasteiger partial charge in [-0.25, -0.2) is 9.37 Å². The van der Waals surface area contributed by atoms with E-state index in [4.69, 9.17) is 9.47 Å². The monoisotopic (exact) mass is 309 g/mol. The van der Waals surface area contributed by atoms with Gasteiger partial charge in [0.05, 0.1) is 13.4 Å². The molecule has 0 radical (unpaired) electrons. The summed E-state index contributed by atoms with van der Waals surface area (Å²) in [7, 11) is 5.47. The molecule has 0 saturated heterocycles. The predicted molar refractivity (Wildman–Crippen MR) is 83.8 cm³/mol. The Bertz CT molecular complexity index is 602. The van der Waals surface area contributed by atoms with E-state index in [1.165, 1.54) is 12.3 Å². The predicted octanol–water partition coefficient (Wildman–Crippen LogP) is 2.58.